The third kappa shape index (κ3) is 1.94. The number of hydrogen-bond acceptors (Lipinski definition) is 1. The molecular weight excluding hydrogens is 222 g/mol. The van der Waals surface area contributed by atoms with E-state index in [-0.39, 0.29) is 5.41 Å². The first-order valence-corrected chi connectivity index (χ1v) is 7.07. The third-order valence-electron chi connectivity index (χ3n) is 4.43. The minimum absolute atomic E-state index is 0.168. The van der Waals surface area contributed by atoms with E-state index >= 15 is 0 Å². The Balaban J connectivity index is 1.80. The molecule has 1 heterocycles. The third-order valence-corrected chi connectivity index (χ3v) is 4.43. The van der Waals surface area contributed by atoms with Crippen LogP contribution in [0.15, 0.2) is 30.3 Å². The number of piperidine rings is 1. The number of rotatable bonds is 2. The van der Waals surface area contributed by atoms with Gasteiger partial charge in [0, 0.05) is 13.1 Å². The summed E-state index contributed by atoms with van der Waals surface area (Å²) in [5.74, 6) is 1.04. The first-order chi connectivity index (χ1) is 8.72. The van der Waals surface area contributed by atoms with Gasteiger partial charge >= 0.3 is 0 Å². The number of carbonyl (C=O) groups excluding carboxylic acids is 1. The topological polar surface area (TPSA) is 20.3 Å². The zero-order chi connectivity index (χ0) is 12.6. The molecule has 3 rings (SSSR count). The molecule has 2 heteroatoms. The molecule has 2 aliphatic rings. The predicted octanol–water partition coefficient (Wildman–Crippen LogP) is 2.98. The van der Waals surface area contributed by atoms with Crippen molar-refractivity contribution >= 4 is 5.91 Å². The van der Waals surface area contributed by atoms with E-state index in [0.717, 1.165) is 32.4 Å². The molecule has 0 spiro atoms. The van der Waals surface area contributed by atoms with Gasteiger partial charge in [0.15, 0.2) is 0 Å². The first kappa shape index (κ1) is 11.8. The van der Waals surface area contributed by atoms with E-state index in [1.807, 2.05) is 18.2 Å². The molecule has 1 amide bonds. The van der Waals surface area contributed by atoms with Crippen LogP contribution < -0.4 is 0 Å². The van der Waals surface area contributed by atoms with Crippen molar-refractivity contribution < 1.29 is 4.79 Å². The van der Waals surface area contributed by atoms with Gasteiger partial charge in [0.05, 0.1) is 5.41 Å². The van der Waals surface area contributed by atoms with Crippen LogP contribution in [-0.4, -0.2) is 23.9 Å². The quantitative estimate of drug-likeness (QED) is 0.782. The summed E-state index contributed by atoms with van der Waals surface area (Å²) in [4.78, 5) is 14.9. The van der Waals surface area contributed by atoms with Gasteiger partial charge in [-0.25, -0.2) is 0 Å². The van der Waals surface area contributed by atoms with Crippen molar-refractivity contribution in [1.29, 1.82) is 0 Å². The molecule has 0 N–H and O–H groups in total. The van der Waals surface area contributed by atoms with E-state index in [1.165, 1.54) is 12.0 Å². The fourth-order valence-corrected chi connectivity index (χ4v) is 3.18. The molecule has 1 unspecified atom stereocenters. The van der Waals surface area contributed by atoms with Crippen LogP contribution in [0.1, 0.15) is 38.2 Å². The smallest absolute Gasteiger partial charge is 0.233 e. The van der Waals surface area contributed by atoms with Crippen molar-refractivity contribution in [3.8, 4) is 0 Å². The highest BCUT2D eigenvalue weighted by molar-refractivity contribution is 5.91. The van der Waals surface area contributed by atoms with E-state index in [4.69, 9.17) is 0 Å². The monoisotopic (exact) mass is 243 g/mol. The van der Waals surface area contributed by atoms with Crippen molar-refractivity contribution in [3.05, 3.63) is 35.9 Å². The Morgan fingerprint density at radius 1 is 1.28 bits per heavy atom. The van der Waals surface area contributed by atoms with E-state index in [9.17, 15) is 4.79 Å². The molecule has 96 valence electrons. The number of hydrogen-bond donors (Lipinski definition) is 0. The lowest BCUT2D eigenvalue weighted by atomic mass is 9.92. The molecule has 2 nitrogen and oxygen atoms in total. The van der Waals surface area contributed by atoms with Gasteiger partial charge in [-0.1, -0.05) is 37.3 Å². The van der Waals surface area contributed by atoms with Crippen LogP contribution in [0.4, 0.5) is 0 Å². The van der Waals surface area contributed by atoms with E-state index in [1.54, 1.807) is 0 Å². The summed E-state index contributed by atoms with van der Waals surface area (Å²) in [5.41, 5.74) is 1.05. The second-order valence-corrected chi connectivity index (χ2v) is 5.95. The number of benzene rings is 1. The fraction of sp³-hybridized carbons (Fsp3) is 0.562. The normalized spacial score (nSPS) is 25.8. The van der Waals surface area contributed by atoms with Gasteiger partial charge in [-0.3, -0.25) is 4.79 Å². The van der Waals surface area contributed by atoms with Crippen LogP contribution >= 0.6 is 0 Å². The van der Waals surface area contributed by atoms with E-state index in [2.05, 4.69) is 24.0 Å². The van der Waals surface area contributed by atoms with Gasteiger partial charge in [0.25, 0.3) is 0 Å². The largest absolute Gasteiger partial charge is 0.342 e. The van der Waals surface area contributed by atoms with Crippen molar-refractivity contribution in [1.82, 2.24) is 4.90 Å². The van der Waals surface area contributed by atoms with Crippen molar-refractivity contribution in [2.45, 2.75) is 38.0 Å². The van der Waals surface area contributed by atoms with Gasteiger partial charge < -0.3 is 4.90 Å². The molecule has 2 fully saturated rings. The minimum atomic E-state index is -0.168. The van der Waals surface area contributed by atoms with Crippen LogP contribution in [0.25, 0.3) is 0 Å². The van der Waals surface area contributed by atoms with E-state index in [0.29, 0.717) is 11.8 Å². The zero-order valence-corrected chi connectivity index (χ0v) is 11.1. The molecule has 18 heavy (non-hydrogen) atoms. The van der Waals surface area contributed by atoms with Gasteiger partial charge in [-0.2, -0.15) is 0 Å². The van der Waals surface area contributed by atoms with Crippen LogP contribution in [0.5, 0.6) is 0 Å². The predicted molar refractivity (Wildman–Crippen MR) is 72.3 cm³/mol. The van der Waals surface area contributed by atoms with Gasteiger partial charge in [-0.05, 0) is 37.2 Å². The molecule has 0 bridgehead atoms. The molecule has 1 atom stereocenters. The Morgan fingerprint density at radius 3 is 2.61 bits per heavy atom. The van der Waals surface area contributed by atoms with Crippen LogP contribution in [0.2, 0.25) is 0 Å². The highest BCUT2D eigenvalue weighted by Crippen LogP contribution is 2.49. The second kappa shape index (κ2) is 4.42. The summed E-state index contributed by atoms with van der Waals surface area (Å²) >= 11 is 0. The maximum atomic E-state index is 12.8. The summed E-state index contributed by atoms with van der Waals surface area (Å²) in [6.07, 6.45) is 4.49. The Morgan fingerprint density at radius 2 is 2.00 bits per heavy atom. The molecule has 1 aliphatic heterocycles. The maximum absolute atomic E-state index is 12.8. The highest BCUT2D eigenvalue weighted by atomic mass is 16.2. The Labute approximate surface area is 109 Å². The van der Waals surface area contributed by atoms with Gasteiger partial charge in [-0.15, -0.1) is 0 Å². The lowest BCUT2D eigenvalue weighted by Gasteiger charge is -2.34. The summed E-state index contributed by atoms with van der Waals surface area (Å²) in [5, 5.41) is 0. The molecule has 0 aromatic heterocycles. The van der Waals surface area contributed by atoms with Crippen molar-refractivity contribution in [2.24, 2.45) is 5.92 Å². The Bertz CT molecular complexity index is 436. The molecule has 1 aliphatic carbocycles. The molecule has 1 aromatic carbocycles. The van der Waals surface area contributed by atoms with Crippen LogP contribution in [0.3, 0.4) is 0 Å². The standard InChI is InChI=1S/C16H21NO/c1-13-6-5-11-17(12-13)15(18)16(9-10-16)14-7-3-2-4-8-14/h2-4,7-8,13H,5-6,9-12H2,1H3. The number of likely N-dealkylation sites (tertiary alicyclic amines) is 1. The molecule has 1 aromatic rings. The number of amides is 1. The zero-order valence-electron chi connectivity index (χ0n) is 11.1. The SMILES string of the molecule is CC1CCCN(C(=O)C2(c3ccccc3)CC2)C1. The average Bonchev–Trinajstić information content (AvgIpc) is 3.20. The second-order valence-electron chi connectivity index (χ2n) is 5.95. The van der Waals surface area contributed by atoms with Crippen LogP contribution in [-0.2, 0) is 10.2 Å². The minimum Gasteiger partial charge on any atom is -0.342 e. The average molecular weight is 243 g/mol. The van der Waals surface area contributed by atoms with Gasteiger partial charge in [0.2, 0.25) is 5.91 Å². The van der Waals surface area contributed by atoms with E-state index < -0.39 is 0 Å². The highest BCUT2D eigenvalue weighted by Gasteiger charge is 2.53. The Kier molecular flexibility index (Phi) is 2.89. The molecular formula is C16H21NO. The van der Waals surface area contributed by atoms with Crippen LogP contribution in [0, 0.1) is 5.92 Å². The fourth-order valence-electron chi connectivity index (χ4n) is 3.18. The number of nitrogens with zero attached hydrogens (tertiary/aromatic N) is 1. The van der Waals surface area contributed by atoms with Crippen molar-refractivity contribution in [3.63, 3.8) is 0 Å². The maximum Gasteiger partial charge on any atom is 0.233 e. The summed E-state index contributed by atoms with van der Waals surface area (Å²) in [6, 6.07) is 10.3. The van der Waals surface area contributed by atoms with Crippen molar-refractivity contribution in [2.75, 3.05) is 13.1 Å². The Hall–Kier alpha value is -1.31. The summed E-state index contributed by atoms with van der Waals surface area (Å²) in [6.45, 7) is 4.16. The van der Waals surface area contributed by atoms with Gasteiger partial charge in [0.1, 0.15) is 0 Å². The lowest BCUT2D eigenvalue weighted by molar-refractivity contribution is -0.135. The summed E-state index contributed by atoms with van der Waals surface area (Å²) in [7, 11) is 0. The molecule has 1 saturated heterocycles. The number of carbonyl (C=O) groups is 1. The molecule has 0 radical (unpaired) electrons. The molecule has 1 saturated carbocycles. The summed E-state index contributed by atoms with van der Waals surface area (Å²) < 4.78 is 0. The first-order valence-electron chi connectivity index (χ1n) is 7.07. The lowest BCUT2D eigenvalue weighted by Crippen LogP contribution is -2.44.